The van der Waals surface area contributed by atoms with Crippen LogP contribution in [-0.4, -0.2) is 28.7 Å². The summed E-state index contributed by atoms with van der Waals surface area (Å²) >= 11 is 0. The van der Waals surface area contributed by atoms with Crippen LogP contribution in [0, 0.1) is 11.3 Å². The molecule has 16 aromatic rings. The van der Waals surface area contributed by atoms with E-state index in [0.29, 0.717) is 28.6 Å². The van der Waals surface area contributed by atoms with E-state index in [2.05, 4.69) is 208 Å². The number of fused-ring (bicyclic) bond motifs is 13. The topological polar surface area (TPSA) is 90.4 Å². The number of hydrogen-bond donors (Lipinski definition) is 0. The summed E-state index contributed by atoms with van der Waals surface area (Å²) in [6.07, 6.45) is 0. The number of benzene rings is 11. The molecule has 78 heavy (non-hydrogen) atoms. The third-order valence-electron chi connectivity index (χ3n) is 15.5. The van der Waals surface area contributed by atoms with Gasteiger partial charge in [-0.2, -0.15) is 5.26 Å². The lowest BCUT2D eigenvalue weighted by Gasteiger charge is -2.14. The molecule has 0 aliphatic rings. The van der Waals surface area contributed by atoms with Crippen molar-refractivity contribution in [2.45, 2.75) is 0 Å². The fraction of sp³-hybridized carbons (Fsp3) is 0. The SMILES string of the molecule is N#Cc1cc(-c2nc(-c3ccc4c(c3)c3ccccc3n4-c3ccccc3)nc(-c3ccccc3-c3ccccc3)n2)ccc1-n1c2ccccc2c2ccc3c(c4ccccc4n3-c3ccc4oc5ccccc5c4c3)c21. The largest absolute Gasteiger partial charge is 0.456 e. The summed E-state index contributed by atoms with van der Waals surface area (Å²) in [6, 6.07) is 89.0. The number of nitriles is 1. The highest BCUT2D eigenvalue weighted by Gasteiger charge is 2.24. The van der Waals surface area contributed by atoms with Crippen molar-refractivity contribution in [3.05, 3.63) is 254 Å². The van der Waals surface area contributed by atoms with Crippen molar-refractivity contribution in [3.63, 3.8) is 0 Å². The van der Waals surface area contributed by atoms with Gasteiger partial charge in [0.15, 0.2) is 17.5 Å². The van der Waals surface area contributed by atoms with Crippen LogP contribution in [0.25, 0.3) is 150 Å². The van der Waals surface area contributed by atoms with Crippen molar-refractivity contribution in [3.8, 4) is 68.4 Å². The Morgan fingerprint density at radius 1 is 0.333 bits per heavy atom. The number of nitrogens with zero attached hydrogens (tertiary/aromatic N) is 7. The van der Waals surface area contributed by atoms with Crippen LogP contribution in [-0.2, 0) is 0 Å². The lowest BCUT2D eigenvalue weighted by molar-refractivity contribution is 0.669. The molecular formula is C70H41N7O. The van der Waals surface area contributed by atoms with Gasteiger partial charge >= 0.3 is 0 Å². The van der Waals surface area contributed by atoms with Gasteiger partial charge in [-0.05, 0) is 108 Å². The molecule has 8 heteroatoms. The molecule has 8 nitrogen and oxygen atoms in total. The fourth-order valence-electron chi connectivity index (χ4n) is 12.1. The molecule has 0 fully saturated rings. The number of rotatable bonds is 7. The van der Waals surface area contributed by atoms with Gasteiger partial charge in [0, 0.05) is 71.2 Å². The summed E-state index contributed by atoms with van der Waals surface area (Å²) in [5.74, 6) is 1.52. The minimum absolute atomic E-state index is 0.461. The average Bonchev–Trinajstić information content (AvgIpc) is 4.32. The summed E-state index contributed by atoms with van der Waals surface area (Å²) in [5.41, 5.74) is 15.9. The normalized spacial score (nSPS) is 11.8. The third-order valence-corrected chi connectivity index (χ3v) is 15.5. The van der Waals surface area contributed by atoms with Crippen LogP contribution in [0.4, 0.5) is 0 Å². The standard InChI is InChI=1S/C70H41N7O/c71-42-46-39-44(68-72-69(74-70(73-68)54-25-8-7-21-49(54)43-17-3-1-4-18-43)45-32-36-62-56(40-45)51-23-10-13-27-59(51)75(62)47-19-5-2-6-20-47)31-35-58(46)77-60-28-14-9-22-50(60)53-34-37-63-66(67(53)77)55-26-11-15-29-61(55)76(63)48-33-38-65-57(41-48)52-24-12-16-30-64(52)78-65/h1-41H. The Morgan fingerprint density at radius 3 is 1.65 bits per heavy atom. The van der Waals surface area contributed by atoms with Gasteiger partial charge in [-0.25, -0.2) is 15.0 Å². The fourth-order valence-corrected chi connectivity index (χ4v) is 12.1. The van der Waals surface area contributed by atoms with E-state index in [-0.39, 0.29) is 0 Å². The molecule has 0 unspecified atom stereocenters. The predicted octanol–water partition coefficient (Wildman–Crippen LogP) is 17.6. The molecule has 0 saturated heterocycles. The first kappa shape index (κ1) is 43.5. The summed E-state index contributed by atoms with van der Waals surface area (Å²) in [4.78, 5) is 15.9. The predicted molar refractivity (Wildman–Crippen MR) is 317 cm³/mol. The van der Waals surface area contributed by atoms with Gasteiger partial charge in [0.2, 0.25) is 0 Å². The molecular weight excluding hydrogens is 955 g/mol. The quantitative estimate of drug-likeness (QED) is 0.159. The van der Waals surface area contributed by atoms with Gasteiger partial charge in [0.1, 0.15) is 17.2 Å². The van der Waals surface area contributed by atoms with Gasteiger partial charge in [-0.3, -0.25) is 0 Å². The summed E-state index contributed by atoms with van der Waals surface area (Å²) in [7, 11) is 0. The molecule has 11 aromatic carbocycles. The minimum Gasteiger partial charge on any atom is -0.456 e. The van der Waals surface area contributed by atoms with Crippen LogP contribution in [0.15, 0.2) is 253 Å². The number of para-hydroxylation sites is 5. The van der Waals surface area contributed by atoms with E-state index in [0.717, 1.165) is 127 Å². The van der Waals surface area contributed by atoms with Gasteiger partial charge in [0.05, 0.1) is 44.4 Å². The molecule has 0 aliphatic heterocycles. The number of furan rings is 1. The second-order valence-corrected chi connectivity index (χ2v) is 19.8. The number of hydrogen-bond acceptors (Lipinski definition) is 5. The van der Waals surface area contributed by atoms with Crippen molar-refractivity contribution in [1.29, 1.82) is 5.26 Å². The molecule has 0 atom stereocenters. The summed E-state index contributed by atoms with van der Waals surface area (Å²) in [6.45, 7) is 0. The maximum Gasteiger partial charge on any atom is 0.164 e. The maximum atomic E-state index is 11.4. The van der Waals surface area contributed by atoms with Gasteiger partial charge < -0.3 is 18.1 Å². The molecule has 0 spiro atoms. The molecule has 5 heterocycles. The second-order valence-electron chi connectivity index (χ2n) is 19.8. The van der Waals surface area contributed by atoms with E-state index in [1.54, 1.807) is 0 Å². The first-order chi connectivity index (χ1) is 38.6. The van der Waals surface area contributed by atoms with Crippen molar-refractivity contribution in [2.24, 2.45) is 0 Å². The molecule has 0 saturated carbocycles. The average molecular weight is 996 g/mol. The van der Waals surface area contributed by atoms with E-state index in [1.165, 1.54) is 0 Å². The van der Waals surface area contributed by atoms with Crippen molar-refractivity contribution in [1.82, 2.24) is 28.7 Å². The molecule has 362 valence electrons. The van der Waals surface area contributed by atoms with Crippen LogP contribution in [0.3, 0.4) is 0 Å². The Hall–Kier alpha value is -10.9. The Bertz CT molecular complexity index is 5170. The first-order valence-corrected chi connectivity index (χ1v) is 26.1. The highest BCUT2D eigenvalue weighted by molar-refractivity contribution is 6.26. The van der Waals surface area contributed by atoms with Crippen LogP contribution >= 0.6 is 0 Å². The smallest absolute Gasteiger partial charge is 0.164 e. The summed E-state index contributed by atoms with van der Waals surface area (Å²) < 4.78 is 13.2. The molecule has 0 radical (unpaired) electrons. The second kappa shape index (κ2) is 17.1. The van der Waals surface area contributed by atoms with Crippen LogP contribution in [0.5, 0.6) is 0 Å². The first-order valence-electron chi connectivity index (χ1n) is 26.1. The zero-order chi connectivity index (χ0) is 51.4. The van der Waals surface area contributed by atoms with Gasteiger partial charge in [0.25, 0.3) is 0 Å². The molecule has 0 N–H and O–H groups in total. The van der Waals surface area contributed by atoms with Crippen LogP contribution in [0.2, 0.25) is 0 Å². The highest BCUT2D eigenvalue weighted by Crippen LogP contribution is 2.44. The van der Waals surface area contributed by atoms with E-state index in [9.17, 15) is 5.26 Å². The lowest BCUT2D eigenvalue weighted by Crippen LogP contribution is -2.03. The van der Waals surface area contributed by atoms with Gasteiger partial charge in [-0.1, -0.05) is 152 Å². The van der Waals surface area contributed by atoms with Gasteiger partial charge in [-0.15, -0.1) is 0 Å². The third kappa shape index (κ3) is 6.55. The Labute approximate surface area is 446 Å². The van der Waals surface area contributed by atoms with E-state index in [4.69, 9.17) is 19.4 Å². The number of aromatic nitrogens is 6. The van der Waals surface area contributed by atoms with Crippen molar-refractivity contribution in [2.75, 3.05) is 0 Å². The Kier molecular flexibility index (Phi) is 9.53. The molecule has 0 amide bonds. The van der Waals surface area contributed by atoms with E-state index >= 15 is 0 Å². The highest BCUT2D eigenvalue weighted by atomic mass is 16.3. The summed E-state index contributed by atoms with van der Waals surface area (Å²) in [5, 5.41) is 20.1. The lowest BCUT2D eigenvalue weighted by atomic mass is 9.99. The molecule has 0 aliphatic carbocycles. The molecule has 16 rings (SSSR count). The Morgan fingerprint density at radius 2 is 0.885 bits per heavy atom. The minimum atomic E-state index is 0.461. The van der Waals surface area contributed by atoms with Crippen LogP contribution in [0.1, 0.15) is 5.56 Å². The van der Waals surface area contributed by atoms with Crippen LogP contribution < -0.4 is 0 Å². The molecule has 5 aromatic heterocycles. The monoisotopic (exact) mass is 995 g/mol. The van der Waals surface area contributed by atoms with Crippen molar-refractivity contribution >= 4 is 87.4 Å². The molecule has 0 bridgehead atoms. The maximum absolute atomic E-state index is 11.4. The van der Waals surface area contributed by atoms with E-state index in [1.807, 2.05) is 60.7 Å². The zero-order valence-electron chi connectivity index (χ0n) is 41.7. The zero-order valence-corrected chi connectivity index (χ0v) is 41.7. The van der Waals surface area contributed by atoms with Crippen molar-refractivity contribution < 1.29 is 4.42 Å². The van der Waals surface area contributed by atoms with E-state index < -0.39 is 0 Å². The Balaban J connectivity index is 0.906.